The maximum absolute atomic E-state index is 11.1. The van der Waals surface area contributed by atoms with Crippen molar-refractivity contribution in [3.8, 4) is 17.0 Å². The Bertz CT molecular complexity index is 894. The van der Waals surface area contributed by atoms with Gasteiger partial charge in [0, 0.05) is 28.6 Å². The smallest absolute Gasteiger partial charge is 0.221 e. The number of nitrogens with one attached hydrogen (secondary N) is 2. The van der Waals surface area contributed by atoms with Crippen molar-refractivity contribution in [2.45, 2.75) is 6.92 Å². The summed E-state index contributed by atoms with van der Waals surface area (Å²) in [6.45, 7) is 1.48. The molecule has 1 heterocycles. The summed E-state index contributed by atoms with van der Waals surface area (Å²) in [6.07, 6.45) is 0. The van der Waals surface area contributed by atoms with Gasteiger partial charge in [-0.05, 0) is 30.3 Å². The van der Waals surface area contributed by atoms with Crippen LogP contribution >= 0.6 is 22.9 Å². The highest BCUT2D eigenvalue weighted by molar-refractivity contribution is 7.14. The number of carbonyl (C=O) groups excluding carboxylic acids is 1. The second-order valence-corrected chi connectivity index (χ2v) is 6.56. The largest absolute Gasteiger partial charge is 0.495 e. The molecule has 0 aliphatic rings. The van der Waals surface area contributed by atoms with Crippen LogP contribution in [0.3, 0.4) is 0 Å². The van der Waals surface area contributed by atoms with Crippen molar-refractivity contribution in [1.82, 2.24) is 4.98 Å². The van der Waals surface area contributed by atoms with Gasteiger partial charge in [-0.15, -0.1) is 11.3 Å². The van der Waals surface area contributed by atoms with Crippen LogP contribution in [0.4, 0.5) is 16.5 Å². The fourth-order valence-electron chi connectivity index (χ4n) is 2.28. The molecule has 1 amide bonds. The molecule has 0 unspecified atom stereocenters. The van der Waals surface area contributed by atoms with Crippen LogP contribution in [0.1, 0.15) is 6.92 Å². The molecular weight excluding hydrogens is 358 g/mol. The van der Waals surface area contributed by atoms with Gasteiger partial charge in [0.15, 0.2) is 5.13 Å². The molecule has 0 atom stereocenters. The monoisotopic (exact) mass is 373 g/mol. The fourth-order valence-corrected chi connectivity index (χ4v) is 3.19. The average molecular weight is 374 g/mol. The second-order valence-electron chi connectivity index (χ2n) is 5.27. The molecule has 2 N–H and O–H groups in total. The molecule has 0 saturated carbocycles. The normalized spacial score (nSPS) is 10.4. The lowest BCUT2D eigenvalue weighted by atomic mass is 10.1. The number of halogens is 1. The van der Waals surface area contributed by atoms with Crippen LogP contribution in [0.2, 0.25) is 5.02 Å². The van der Waals surface area contributed by atoms with Crippen molar-refractivity contribution < 1.29 is 9.53 Å². The molecule has 1 aromatic heterocycles. The molecule has 0 radical (unpaired) electrons. The Morgan fingerprint density at radius 1 is 1.20 bits per heavy atom. The number of amides is 1. The Morgan fingerprint density at radius 2 is 1.96 bits per heavy atom. The van der Waals surface area contributed by atoms with E-state index in [2.05, 4.69) is 15.6 Å². The summed E-state index contributed by atoms with van der Waals surface area (Å²) >= 11 is 7.54. The van der Waals surface area contributed by atoms with Crippen LogP contribution in [-0.2, 0) is 4.79 Å². The molecule has 0 aliphatic heterocycles. The Balaban J connectivity index is 1.78. The van der Waals surface area contributed by atoms with Gasteiger partial charge < -0.3 is 15.4 Å². The highest BCUT2D eigenvalue weighted by Crippen LogP contribution is 2.33. The van der Waals surface area contributed by atoms with Crippen LogP contribution in [0, 0.1) is 0 Å². The average Bonchev–Trinajstić information content (AvgIpc) is 3.04. The van der Waals surface area contributed by atoms with Crippen LogP contribution in [0.5, 0.6) is 5.75 Å². The molecule has 3 rings (SSSR count). The summed E-state index contributed by atoms with van der Waals surface area (Å²) in [5.74, 6) is 0.601. The molecule has 0 aliphatic carbocycles. The molecule has 128 valence electrons. The number of aromatic nitrogens is 1. The Labute approximate surface area is 154 Å². The molecule has 3 aromatic rings. The van der Waals surface area contributed by atoms with Gasteiger partial charge in [0.05, 0.1) is 18.5 Å². The topological polar surface area (TPSA) is 63.2 Å². The fraction of sp³-hybridized carbons (Fsp3) is 0.111. The maximum atomic E-state index is 11.1. The van der Waals surface area contributed by atoms with Crippen LogP contribution < -0.4 is 15.4 Å². The molecule has 2 aromatic carbocycles. The van der Waals surface area contributed by atoms with Crippen molar-refractivity contribution in [2.24, 2.45) is 0 Å². The molecule has 0 fully saturated rings. The Hall–Kier alpha value is -2.57. The number of thiazole rings is 1. The molecule has 0 bridgehead atoms. The first kappa shape index (κ1) is 17.3. The molecule has 7 heteroatoms. The number of carbonyl (C=O) groups is 1. The third-order valence-corrected chi connectivity index (χ3v) is 4.40. The van der Waals surface area contributed by atoms with Gasteiger partial charge >= 0.3 is 0 Å². The van der Waals surface area contributed by atoms with Crippen molar-refractivity contribution in [1.29, 1.82) is 0 Å². The molecule has 5 nitrogen and oxygen atoms in total. The highest BCUT2D eigenvalue weighted by Gasteiger charge is 2.09. The van der Waals surface area contributed by atoms with Crippen molar-refractivity contribution in [2.75, 3.05) is 17.7 Å². The zero-order chi connectivity index (χ0) is 17.8. The third-order valence-electron chi connectivity index (χ3n) is 3.41. The van der Waals surface area contributed by atoms with E-state index in [1.165, 1.54) is 18.3 Å². The first-order valence-corrected chi connectivity index (χ1v) is 8.75. The number of anilines is 3. The van der Waals surface area contributed by atoms with E-state index in [9.17, 15) is 4.79 Å². The number of ether oxygens (including phenoxy) is 1. The van der Waals surface area contributed by atoms with Gasteiger partial charge in [-0.2, -0.15) is 0 Å². The van der Waals surface area contributed by atoms with Crippen molar-refractivity contribution >= 4 is 45.4 Å². The van der Waals surface area contributed by atoms with Gasteiger partial charge in [-0.25, -0.2) is 4.98 Å². The number of nitrogens with zero attached hydrogens (tertiary/aromatic N) is 1. The zero-order valence-electron chi connectivity index (χ0n) is 13.7. The first-order valence-electron chi connectivity index (χ1n) is 7.49. The van der Waals surface area contributed by atoms with E-state index in [0.717, 1.165) is 27.8 Å². The van der Waals surface area contributed by atoms with Gasteiger partial charge in [0.2, 0.25) is 5.91 Å². The van der Waals surface area contributed by atoms with Gasteiger partial charge in [-0.3, -0.25) is 4.79 Å². The van der Waals surface area contributed by atoms with E-state index in [1.54, 1.807) is 25.3 Å². The zero-order valence-corrected chi connectivity index (χ0v) is 15.2. The quantitative estimate of drug-likeness (QED) is 0.647. The SMILES string of the molecule is COc1ccc(Cl)cc1Nc1nc(-c2ccc(NC(C)=O)cc2)cs1. The Kier molecular flexibility index (Phi) is 5.21. The van der Waals surface area contributed by atoms with Gasteiger partial charge in [-0.1, -0.05) is 23.7 Å². The van der Waals surface area contributed by atoms with Gasteiger partial charge in [0.25, 0.3) is 0 Å². The third kappa shape index (κ3) is 4.29. The molecule has 25 heavy (non-hydrogen) atoms. The second kappa shape index (κ2) is 7.55. The first-order chi connectivity index (χ1) is 12.0. The minimum atomic E-state index is -0.0941. The van der Waals surface area contributed by atoms with E-state index in [-0.39, 0.29) is 5.91 Å². The lowest BCUT2D eigenvalue weighted by Crippen LogP contribution is -2.05. The summed E-state index contributed by atoms with van der Waals surface area (Å²) in [7, 11) is 1.61. The minimum Gasteiger partial charge on any atom is -0.495 e. The number of benzene rings is 2. The molecule has 0 saturated heterocycles. The van der Waals surface area contributed by atoms with Crippen molar-refractivity contribution in [3.63, 3.8) is 0 Å². The summed E-state index contributed by atoms with van der Waals surface area (Å²) in [6, 6.07) is 12.9. The number of hydrogen-bond acceptors (Lipinski definition) is 5. The van der Waals surface area contributed by atoms with E-state index in [4.69, 9.17) is 16.3 Å². The standard InChI is InChI=1S/C18H16ClN3O2S/c1-11(23)20-14-6-3-12(4-7-14)16-10-25-18(22-16)21-15-9-13(19)5-8-17(15)24-2/h3-10H,1-2H3,(H,20,23)(H,21,22). The number of methoxy groups -OCH3 is 1. The van der Waals surface area contributed by atoms with Gasteiger partial charge in [0.1, 0.15) is 5.75 Å². The summed E-state index contributed by atoms with van der Waals surface area (Å²) < 4.78 is 5.33. The minimum absolute atomic E-state index is 0.0941. The predicted octanol–water partition coefficient (Wildman–Crippen LogP) is 5.17. The van der Waals surface area contributed by atoms with Crippen molar-refractivity contribution in [3.05, 3.63) is 52.9 Å². The number of hydrogen-bond donors (Lipinski definition) is 2. The van der Waals surface area contributed by atoms with E-state index >= 15 is 0 Å². The van der Waals surface area contributed by atoms with Crippen LogP contribution in [-0.4, -0.2) is 18.0 Å². The maximum Gasteiger partial charge on any atom is 0.221 e. The molecular formula is C18H16ClN3O2S. The summed E-state index contributed by atoms with van der Waals surface area (Å²) in [5, 5.41) is 9.30. The summed E-state index contributed by atoms with van der Waals surface area (Å²) in [5.41, 5.74) is 3.34. The number of rotatable bonds is 5. The van der Waals surface area contributed by atoms with Crippen LogP contribution in [0.25, 0.3) is 11.3 Å². The van der Waals surface area contributed by atoms with Crippen LogP contribution in [0.15, 0.2) is 47.8 Å². The summed E-state index contributed by atoms with van der Waals surface area (Å²) in [4.78, 5) is 15.7. The lowest BCUT2D eigenvalue weighted by Gasteiger charge is -2.09. The highest BCUT2D eigenvalue weighted by atomic mass is 35.5. The lowest BCUT2D eigenvalue weighted by molar-refractivity contribution is -0.114. The Morgan fingerprint density at radius 3 is 2.64 bits per heavy atom. The van der Waals surface area contributed by atoms with E-state index < -0.39 is 0 Å². The predicted molar refractivity (Wildman–Crippen MR) is 103 cm³/mol. The van der Waals surface area contributed by atoms with E-state index in [0.29, 0.717) is 10.8 Å². The van der Waals surface area contributed by atoms with E-state index in [1.807, 2.05) is 29.6 Å². The molecule has 0 spiro atoms.